The fraction of sp³-hybridized carbons (Fsp3) is 0.391. The minimum absolute atomic E-state index is 0.0510. The van der Waals surface area contributed by atoms with Gasteiger partial charge in [0.1, 0.15) is 5.65 Å². The van der Waals surface area contributed by atoms with Crippen molar-refractivity contribution < 1.29 is 14.3 Å². The van der Waals surface area contributed by atoms with Gasteiger partial charge in [-0.2, -0.15) is 0 Å². The van der Waals surface area contributed by atoms with Gasteiger partial charge in [0, 0.05) is 31.3 Å². The Bertz CT molecular complexity index is 982. The molecule has 0 saturated carbocycles. The molecule has 3 aromatic rings. The number of ether oxygens (including phenoxy) is 2. The van der Waals surface area contributed by atoms with Gasteiger partial charge in [0.15, 0.2) is 11.5 Å². The van der Waals surface area contributed by atoms with Gasteiger partial charge < -0.3 is 19.2 Å². The summed E-state index contributed by atoms with van der Waals surface area (Å²) in [6.07, 6.45) is 8.76. The van der Waals surface area contributed by atoms with Crippen LogP contribution in [0, 0.1) is 0 Å². The molecule has 0 fully saturated rings. The minimum Gasteiger partial charge on any atom is -0.454 e. The number of imidazole rings is 1. The van der Waals surface area contributed by atoms with Gasteiger partial charge in [0.2, 0.25) is 12.7 Å². The molecular weight excluding hydrogens is 366 g/mol. The standard InChI is InChI=1S/C23H27N3O3/c1-2-3-4-6-11-24-23(27)14-18(17-9-10-20-21(13-17)29-16-28-20)19-15-25-22-8-5-7-12-26(19)22/h5,7-10,12-13,15,18H,2-4,6,11,14,16H2,1H3,(H,24,27). The Labute approximate surface area is 170 Å². The molecular formula is C23H27N3O3. The number of carbonyl (C=O) groups is 1. The topological polar surface area (TPSA) is 64.9 Å². The fourth-order valence-corrected chi connectivity index (χ4v) is 3.77. The lowest BCUT2D eigenvalue weighted by atomic mass is 9.92. The van der Waals surface area contributed by atoms with Gasteiger partial charge in [-0.25, -0.2) is 4.98 Å². The van der Waals surface area contributed by atoms with E-state index in [2.05, 4.69) is 17.2 Å². The van der Waals surface area contributed by atoms with Crippen LogP contribution in [0.2, 0.25) is 0 Å². The largest absolute Gasteiger partial charge is 0.454 e. The number of nitrogens with one attached hydrogen (secondary N) is 1. The van der Waals surface area contributed by atoms with E-state index in [1.165, 1.54) is 12.8 Å². The molecule has 0 saturated heterocycles. The van der Waals surface area contributed by atoms with Crippen LogP contribution in [-0.2, 0) is 4.79 Å². The number of hydrogen-bond donors (Lipinski definition) is 1. The molecule has 1 aliphatic heterocycles. The van der Waals surface area contributed by atoms with Crippen molar-refractivity contribution in [1.29, 1.82) is 0 Å². The first-order valence-corrected chi connectivity index (χ1v) is 10.3. The summed E-state index contributed by atoms with van der Waals surface area (Å²) in [5.41, 5.74) is 2.87. The number of pyridine rings is 1. The molecule has 1 aromatic carbocycles. The lowest BCUT2D eigenvalue weighted by molar-refractivity contribution is -0.121. The van der Waals surface area contributed by atoms with Crippen LogP contribution in [0.25, 0.3) is 5.65 Å². The summed E-state index contributed by atoms with van der Waals surface area (Å²) >= 11 is 0. The van der Waals surface area contributed by atoms with Crippen LogP contribution in [-0.4, -0.2) is 28.6 Å². The summed E-state index contributed by atoms with van der Waals surface area (Å²) in [5, 5.41) is 3.08. The molecule has 152 valence electrons. The van der Waals surface area contributed by atoms with Gasteiger partial charge >= 0.3 is 0 Å². The first-order valence-electron chi connectivity index (χ1n) is 10.3. The number of benzene rings is 1. The molecule has 4 rings (SSSR count). The average molecular weight is 393 g/mol. The third kappa shape index (κ3) is 4.36. The summed E-state index contributed by atoms with van der Waals surface area (Å²) < 4.78 is 13.0. The number of fused-ring (bicyclic) bond motifs is 2. The van der Waals surface area contributed by atoms with Gasteiger partial charge in [0.05, 0.1) is 5.69 Å². The van der Waals surface area contributed by atoms with E-state index in [0.29, 0.717) is 6.42 Å². The van der Waals surface area contributed by atoms with Crippen molar-refractivity contribution >= 4 is 11.6 Å². The number of carbonyl (C=O) groups excluding carboxylic acids is 1. The maximum absolute atomic E-state index is 12.7. The second-order valence-electron chi connectivity index (χ2n) is 7.39. The quantitative estimate of drug-likeness (QED) is 0.551. The van der Waals surface area contributed by atoms with E-state index in [0.717, 1.165) is 47.8 Å². The predicted molar refractivity (Wildman–Crippen MR) is 111 cm³/mol. The Morgan fingerprint density at radius 2 is 2.07 bits per heavy atom. The summed E-state index contributed by atoms with van der Waals surface area (Å²) in [6, 6.07) is 11.8. The molecule has 6 nitrogen and oxygen atoms in total. The monoisotopic (exact) mass is 393 g/mol. The molecule has 1 N–H and O–H groups in total. The van der Waals surface area contributed by atoms with E-state index in [9.17, 15) is 4.79 Å². The highest BCUT2D eigenvalue weighted by molar-refractivity contribution is 5.77. The van der Waals surface area contributed by atoms with Crippen molar-refractivity contribution in [3.05, 3.63) is 60.0 Å². The first-order chi connectivity index (χ1) is 14.3. The van der Waals surface area contributed by atoms with Crippen molar-refractivity contribution in [3.63, 3.8) is 0 Å². The van der Waals surface area contributed by atoms with E-state index < -0.39 is 0 Å². The number of unbranched alkanes of at least 4 members (excludes halogenated alkanes) is 3. The number of rotatable bonds is 9. The lowest BCUT2D eigenvalue weighted by Gasteiger charge is -2.18. The van der Waals surface area contributed by atoms with Gasteiger partial charge in [-0.3, -0.25) is 4.79 Å². The summed E-state index contributed by atoms with van der Waals surface area (Å²) in [7, 11) is 0. The first kappa shape index (κ1) is 19.3. The number of aromatic nitrogens is 2. The Hall–Kier alpha value is -3.02. The molecule has 6 heteroatoms. The van der Waals surface area contributed by atoms with Crippen LogP contribution in [0.4, 0.5) is 0 Å². The molecule has 0 spiro atoms. The van der Waals surface area contributed by atoms with E-state index in [1.54, 1.807) is 0 Å². The second kappa shape index (κ2) is 8.99. The summed E-state index contributed by atoms with van der Waals surface area (Å²) in [5.74, 6) is 1.39. The molecule has 1 atom stereocenters. The molecule has 0 aliphatic carbocycles. The van der Waals surface area contributed by atoms with Crippen LogP contribution in [0.5, 0.6) is 11.5 Å². The molecule has 3 heterocycles. The smallest absolute Gasteiger partial charge is 0.231 e. The third-order valence-electron chi connectivity index (χ3n) is 5.34. The van der Waals surface area contributed by atoms with Crippen LogP contribution >= 0.6 is 0 Å². The molecule has 0 radical (unpaired) electrons. The lowest BCUT2D eigenvalue weighted by Crippen LogP contribution is -2.26. The zero-order valence-electron chi connectivity index (χ0n) is 16.8. The van der Waals surface area contributed by atoms with Gasteiger partial charge in [-0.15, -0.1) is 0 Å². The van der Waals surface area contributed by atoms with Crippen LogP contribution in [0.1, 0.15) is 56.2 Å². The van der Waals surface area contributed by atoms with Crippen molar-refractivity contribution in [2.45, 2.75) is 44.9 Å². The molecule has 0 bridgehead atoms. The SMILES string of the molecule is CCCCCCNC(=O)CC(c1ccc2c(c1)OCO2)c1cnc2ccccn12. The van der Waals surface area contributed by atoms with Gasteiger partial charge in [-0.05, 0) is 36.2 Å². The highest BCUT2D eigenvalue weighted by atomic mass is 16.7. The second-order valence-corrected chi connectivity index (χ2v) is 7.39. The van der Waals surface area contributed by atoms with Gasteiger partial charge in [0.25, 0.3) is 0 Å². The number of hydrogen-bond acceptors (Lipinski definition) is 4. The van der Waals surface area contributed by atoms with Crippen molar-refractivity contribution in [3.8, 4) is 11.5 Å². The molecule has 1 unspecified atom stereocenters. The zero-order chi connectivity index (χ0) is 20.1. The van der Waals surface area contributed by atoms with Crippen LogP contribution < -0.4 is 14.8 Å². The number of nitrogens with zero attached hydrogens (tertiary/aromatic N) is 2. The maximum Gasteiger partial charge on any atom is 0.231 e. The van der Waals surface area contributed by atoms with E-state index in [1.807, 2.05) is 53.2 Å². The van der Waals surface area contributed by atoms with E-state index in [4.69, 9.17) is 9.47 Å². The Morgan fingerprint density at radius 1 is 1.17 bits per heavy atom. The van der Waals surface area contributed by atoms with Crippen LogP contribution in [0.15, 0.2) is 48.8 Å². The highest BCUT2D eigenvalue weighted by Crippen LogP contribution is 2.37. The maximum atomic E-state index is 12.7. The average Bonchev–Trinajstić information content (AvgIpc) is 3.38. The zero-order valence-corrected chi connectivity index (χ0v) is 16.8. The molecule has 1 amide bonds. The van der Waals surface area contributed by atoms with Crippen molar-refractivity contribution in [2.75, 3.05) is 13.3 Å². The minimum atomic E-state index is -0.127. The van der Waals surface area contributed by atoms with Crippen LogP contribution in [0.3, 0.4) is 0 Å². The Kier molecular flexibility index (Phi) is 5.98. The summed E-state index contributed by atoms with van der Waals surface area (Å²) in [6.45, 7) is 3.14. The highest BCUT2D eigenvalue weighted by Gasteiger charge is 2.24. The third-order valence-corrected chi connectivity index (χ3v) is 5.34. The van der Waals surface area contributed by atoms with Crippen molar-refractivity contribution in [2.24, 2.45) is 0 Å². The number of amides is 1. The predicted octanol–water partition coefficient (Wildman–Crippen LogP) is 4.28. The Morgan fingerprint density at radius 3 is 2.97 bits per heavy atom. The van der Waals surface area contributed by atoms with E-state index >= 15 is 0 Å². The Balaban J connectivity index is 1.57. The van der Waals surface area contributed by atoms with E-state index in [-0.39, 0.29) is 18.6 Å². The summed E-state index contributed by atoms with van der Waals surface area (Å²) in [4.78, 5) is 17.2. The molecule has 29 heavy (non-hydrogen) atoms. The molecule has 1 aliphatic rings. The van der Waals surface area contributed by atoms with Crippen molar-refractivity contribution in [1.82, 2.24) is 14.7 Å². The fourth-order valence-electron chi connectivity index (χ4n) is 3.77. The normalized spacial score (nSPS) is 13.6. The van der Waals surface area contributed by atoms with Gasteiger partial charge in [-0.1, -0.05) is 38.3 Å². The molecule has 2 aromatic heterocycles.